The molecule has 18 heavy (non-hydrogen) atoms. The van der Waals surface area contributed by atoms with Crippen LogP contribution in [-0.2, 0) is 0 Å². The van der Waals surface area contributed by atoms with Gasteiger partial charge in [-0.15, -0.1) is 12.3 Å². The fraction of sp³-hybridized carbons (Fsp3) is 0.786. The standard InChI is InChI=1S/C14H24N2O2/c1-4-7-12(5-2)15-14(18)16(3)10-11-8-6-9-13(11)17/h1,11-13,17H,5-10H2,2-3H3,(H,15,18)/t11-,12-,13-/m0/s1. The molecule has 0 heterocycles. The molecule has 4 nitrogen and oxygen atoms in total. The Kier molecular flexibility index (Phi) is 6.00. The number of rotatable bonds is 5. The number of terminal acetylenes is 1. The van der Waals surface area contributed by atoms with Crippen molar-refractivity contribution in [3.05, 3.63) is 0 Å². The lowest BCUT2D eigenvalue weighted by Crippen LogP contribution is -2.45. The molecule has 0 saturated heterocycles. The molecule has 1 aliphatic rings. The number of urea groups is 1. The minimum atomic E-state index is -0.257. The Morgan fingerprint density at radius 1 is 1.61 bits per heavy atom. The molecule has 0 aromatic heterocycles. The molecule has 102 valence electrons. The Balaban J connectivity index is 2.38. The lowest BCUT2D eigenvalue weighted by Gasteiger charge is -2.25. The van der Waals surface area contributed by atoms with Crippen LogP contribution in [0.15, 0.2) is 0 Å². The Morgan fingerprint density at radius 3 is 2.83 bits per heavy atom. The highest BCUT2D eigenvalue weighted by molar-refractivity contribution is 5.74. The van der Waals surface area contributed by atoms with Crippen LogP contribution >= 0.6 is 0 Å². The molecular weight excluding hydrogens is 228 g/mol. The fourth-order valence-corrected chi connectivity index (χ4v) is 2.39. The number of amides is 2. The van der Waals surface area contributed by atoms with E-state index in [0.717, 1.165) is 25.7 Å². The molecule has 0 spiro atoms. The number of nitrogens with zero attached hydrogens (tertiary/aromatic N) is 1. The van der Waals surface area contributed by atoms with Gasteiger partial charge >= 0.3 is 6.03 Å². The third kappa shape index (κ3) is 4.23. The Bertz CT molecular complexity index is 311. The maximum absolute atomic E-state index is 11.9. The van der Waals surface area contributed by atoms with Gasteiger partial charge < -0.3 is 15.3 Å². The van der Waals surface area contributed by atoms with Gasteiger partial charge in [-0.05, 0) is 19.3 Å². The zero-order valence-electron chi connectivity index (χ0n) is 11.4. The third-order valence-electron chi connectivity index (χ3n) is 3.66. The summed E-state index contributed by atoms with van der Waals surface area (Å²) >= 11 is 0. The molecule has 0 bridgehead atoms. The molecule has 2 N–H and O–H groups in total. The molecule has 0 aliphatic heterocycles. The molecule has 4 heteroatoms. The van der Waals surface area contributed by atoms with Crippen molar-refractivity contribution in [3.63, 3.8) is 0 Å². The molecule has 0 unspecified atom stereocenters. The van der Waals surface area contributed by atoms with Crippen molar-refractivity contribution < 1.29 is 9.90 Å². The van der Waals surface area contributed by atoms with E-state index in [9.17, 15) is 9.90 Å². The number of aliphatic hydroxyl groups is 1. The van der Waals surface area contributed by atoms with Crippen LogP contribution in [-0.4, -0.2) is 41.8 Å². The summed E-state index contributed by atoms with van der Waals surface area (Å²) in [7, 11) is 1.77. The van der Waals surface area contributed by atoms with Gasteiger partial charge in [0.1, 0.15) is 0 Å². The number of hydrogen-bond acceptors (Lipinski definition) is 2. The largest absolute Gasteiger partial charge is 0.393 e. The van der Waals surface area contributed by atoms with Gasteiger partial charge in [-0.2, -0.15) is 0 Å². The van der Waals surface area contributed by atoms with E-state index in [0.29, 0.717) is 13.0 Å². The quantitative estimate of drug-likeness (QED) is 0.730. The third-order valence-corrected chi connectivity index (χ3v) is 3.66. The second kappa shape index (κ2) is 7.27. The molecule has 0 aromatic carbocycles. The molecule has 0 aromatic rings. The Morgan fingerprint density at radius 2 is 2.33 bits per heavy atom. The summed E-state index contributed by atoms with van der Waals surface area (Å²) in [6.07, 6.45) is 9.30. The maximum Gasteiger partial charge on any atom is 0.317 e. The normalized spacial score (nSPS) is 24.3. The van der Waals surface area contributed by atoms with Crippen LogP contribution < -0.4 is 5.32 Å². The molecule has 1 saturated carbocycles. The number of carbonyl (C=O) groups excluding carboxylic acids is 1. The summed E-state index contributed by atoms with van der Waals surface area (Å²) in [5.74, 6) is 2.79. The summed E-state index contributed by atoms with van der Waals surface area (Å²) in [5.41, 5.74) is 0. The zero-order chi connectivity index (χ0) is 13.5. The molecule has 0 radical (unpaired) electrons. The molecule has 3 atom stereocenters. The average molecular weight is 252 g/mol. The predicted molar refractivity (Wildman–Crippen MR) is 72.0 cm³/mol. The number of nitrogens with one attached hydrogen (secondary N) is 1. The van der Waals surface area contributed by atoms with Crippen molar-refractivity contribution in [3.8, 4) is 12.3 Å². The number of hydrogen-bond donors (Lipinski definition) is 2. The van der Waals surface area contributed by atoms with Crippen molar-refractivity contribution in [2.75, 3.05) is 13.6 Å². The van der Waals surface area contributed by atoms with Crippen molar-refractivity contribution in [2.45, 2.75) is 51.2 Å². The SMILES string of the molecule is C#CC[C@H](CC)NC(=O)N(C)C[C@@H]1CCC[C@@H]1O. The van der Waals surface area contributed by atoms with Gasteiger partial charge in [-0.25, -0.2) is 4.79 Å². The lowest BCUT2D eigenvalue weighted by atomic mass is 10.1. The van der Waals surface area contributed by atoms with Gasteiger partial charge in [0.25, 0.3) is 0 Å². The van der Waals surface area contributed by atoms with E-state index in [2.05, 4.69) is 11.2 Å². The fourth-order valence-electron chi connectivity index (χ4n) is 2.39. The average Bonchev–Trinajstić information content (AvgIpc) is 2.74. The van der Waals surface area contributed by atoms with E-state index in [1.54, 1.807) is 11.9 Å². The van der Waals surface area contributed by atoms with Crippen molar-refractivity contribution in [2.24, 2.45) is 5.92 Å². The van der Waals surface area contributed by atoms with Gasteiger partial charge in [0.05, 0.1) is 6.10 Å². The lowest BCUT2D eigenvalue weighted by molar-refractivity contribution is 0.113. The van der Waals surface area contributed by atoms with Gasteiger partial charge in [0.15, 0.2) is 0 Å². The molecular formula is C14H24N2O2. The van der Waals surface area contributed by atoms with E-state index >= 15 is 0 Å². The van der Waals surface area contributed by atoms with Crippen molar-refractivity contribution in [1.29, 1.82) is 0 Å². The first-order valence-corrected chi connectivity index (χ1v) is 6.71. The summed E-state index contributed by atoms with van der Waals surface area (Å²) in [5, 5.41) is 12.7. The highest BCUT2D eigenvalue weighted by atomic mass is 16.3. The van der Waals surface area contributed by atoms with E-state index in [1.807, 2.05) is 6.92 Å². The van der Waals surface area contributed by atoms with Crippen LogP contribution in [0.4, 0.5) is 4.79 Å². The Labute approximate surface area is 110 Å². The van der Waals surface area contributed by atoms with Crippen LogP contribution in [0.25, 0.3) is 0 Å². The highest BCUT2D eigenvalue weighted by Crippen LogP contribution is 2.25. The van der Waals surface area contributed by atoms with Gasteiger partial charge in [-0.1, -0.05) is 13.3 Å². The van der Waals surface area contributed by atoms with Crippen LogP contribution in [0.2, 0.25) is 0 Å². The summed E-state index contributed by atoms with van der Waals surface area (Å²) < 4.78 is 0. The van der Waals surface area contributed by atoms with Crippen molar-refractivity contribution >= 4 is 6.03 Å². The number of aliphatic hydroxyl groups excluding tert-OH is 1. The maximum atomic E-state index is 11.9. The van der Waals surface area contributed by atoms with Crippen LogP contribution in [0.3, 0.4) is 0 Å². The molecule has 2 amide bonds. The molecule has 1 fully saturated rings. The summed E-state index contributed by atoms with van der Waals surface area (Å²) in [4.78, 5) is 13.6. The van der Waals surface area contributed by atoms with E-state index < -0.39 is 0 Å². The van der Waals surface area contributed by atoms with Gasteiger partial charge in [-0.3, -0.25) is 0 Å². The first kappa shape index (κ1) is 14.8. The second-order valence-corrected chi connectivity index (χ2v) is 5.10. The van der Waals surface area contributed by atoms with Crippen LogP contribution in [0, 0.1) is 18.3 Å². The minimum Gasteiger partial charge on any atom is -0.393 e. The first-order chi connectivity index (χ1) is 8.58. The van der Waals surface area contributed by atoms with Crippen LogP contribution in [0.1, 0.15) is 39.0 Å². The van der Waals surface area contributed by atoms with E-state index in [1.165, 1.54) is 0 Å². The number of carbonyl (C=O) groups is 1. The minimum absolute atomic E-state index is 0.0402. The van der Waals surface area contributed by atoms with Gasteiger partial charge in [0.2, 0.25) is 0 Å². The monoisotopic (exact) mass is 252 g/mol. The summed E-state index contributed by atoms with van der Waals surface area (Å²) in [6.45, 7) is 2.61. The van der Waals surface area contributed by atoms with Crippen LogP contribution in [0.5, 0.6) is 0 Å². The van der Waals surface area contributed by atoms with Gasteiger partial charge in [0, 0.05) is 32.0 Å². The van der Waals surface area contributed by atoms with Crippen molar-refractivity contribution in [1.82, 2.24) is 10.2 Å². The van der Waals surface area contributed by atoms with E-state index in [-0.39, 0.29) is 24.1 Å². The highest BCUT2D eigenvalue weighted by Gasteiger charge is 2.27. The zero-order valence-corrected chi connectivity index (χ0v) is 11.4. The molecule has 1 aliphatic carbocycles. The second-order valence-electron chi connectivity index (χ2n) is 5.10. The summed E-state index contributed by atoms with van der Waals surface area (Å²) in [6, 6.07) is -0.0605. The first-order valence-electron chi connectivity index (χ1n) is 6.71. The topological polar surface area (TPSA) is 52.6 Å². The Hall–Kier alpha value is -1.21. The van der Waals surface area contributed by atoms with E-state index in [4.69, 9.17) is 6.42 Å². The smallest absolute Gasteiger partial charge is 0.317 e. The predicted octanol–water partition coefficient (Wildman–Crippen LogP) is 1.59. The molecule has 1 rings (SSSR count).